The summed E-state index contributed by atoms with van der Waals surface area (Å²) in [5, 5.41) is 6.98. The van der Waals surface area contributed by atoms with Gasteiger partial charge in [0.05, 0.1) is 5.56 Å². The van der Waals surface area contributed by atoms with Crippen LogP contribution in [-0.2, 0) is 0 Å². The minimum atomic E-state index is -0.433. The average molecular weight is 152 g/mol. The van der Waals surface area contributed by atoms with E-state index in [0.29, 0.717) is 0 Å². The molecular weight excluding hydrogens is 143 g/mol. The van der Waals surface area contributed by atoms with Gasteiger partial charge in [0.15, 0.2) is 0 Å². The first-order valence-corrected chi connectivity index (χ1v) is 3.22. The summed E-state index contributed by atoms with van der Waals surface area (Å²) in [6.07, 6.45) is 0. The number of nitrogen functional groups attached to an aromatic ring is 1. The zero-order valence-electron chi connectivity index (χ0n) is 6.19. The molecule has 0 saturated carbocycles. The lowest BCUT2D eigenvalue weighted by atomic mass is 10.1. The molecule has 2 nitrogen and oxygen atoms in total. The molecule has 0 saturated heterocycles. The Labute approximate surface area is 64.4 Å². The summed E-state index contributed by atoms with van der Waals surface area (Å²) < 4.78 is 12.9. The van der Waals surface area contributed by atoms with Crippen molar-refractivity contribution in [2.45, 2.75) is 6.92 Å². The van der Waals surface area contributed by atoms with E-state index in [2.05, 4.69) is 0 Å². The Hall–Kier alpha value is -1.38. The number of hydrogen-bond acceptors (Lipinski definition) is 1. The van der Waals surface area contributed by atoms with Crippen molar-refractivity contribution < 1.29 is 4.39 Å². The van der Waals surface area contributed by atoms with E-state index in [9.17, 15) is 4.39 Å². The molecule has 0 radical (unpaired) electrons. The fourth-order valence-corrected chi connectivity index (χ4v) is 0.839. The molecule has 0 bridgehead atoms. The Balaban J connectivity index is 3.20. The lowest BCUT2D eigenvalue weighted by molar-refractivity contribution is 0.623. The molecule has 0 spiro atoms. The summed E-state index contributed by atoms with van der Waals surface area (Å²) >= 11 is 0. The summed E-state index contributed by atoms with van der Waals surface area (Å²) in [6, 6.07) is 4.59. The number of benzene rings is 1. The van der Waals surface area contributed by atoms with E-state index >= 15 is 0 Å². The number of nitrogens with one attached hydrogen (secondary N) is 1. The first-order valence-electron chi connectivity index (χ1n) is 3.22. The van der Waals surface area contributed by atoms with Gasteiger partial charge < -0.3 is 5.73 Å². The zero-order valence-corrected chi connectivity index (χ0v) is 6.19. The first-order chi connectivity index (χ1) is 5.11. The predicted octanol–water partition coefficient (Wildman–Crippen LogP) is 1.42. The van der Waals surface area contributed by atoms with Crippen LogP contribution in [0.5, 0.6) is 0 Å². The molecule has 0 aliphatic heterocycles. The van der Waals surface area contributed by atoms with Crippen LogP contribution in [0.4, 0.5) is 4.39 Å². The van der Waals surface area contributed by atoms with Gasteiger partial charge in [-0.05, 0) is 24.6 Å². The molecule has 0 aliphatic carbocycles. The van der Waals surface area contributed by atoms with Crippen molar-refractivity contribution in [3.63, 3.8) is 0 Å². The topological polar surface area (TPSA) is 49.9 Å². The van der Waals surface area contributed by atoms with Crippen LogP contribution in [0.25, 0.3) is 0 Å². The Bertz CT molecular complexity index is 294. The van der Waals surface area contributed by atoms with E-state index < -0.39 is 5.82 Å². The van der Waals surface area contributed by atoms with E-state index in [1.807, 2.05) is 0 Å². The Kier molecular flexibility index (Phi) is 1.89. The van der Waals surface area contributed by atoms with Gasteiger partial charge in [0.2, 0.25) is 0 Å². The van der Waals surface area contributed by atoms with Crippen LogP contribution in [0.1, 0.15) is 11.1 Å². The molecule has 0 unspecified atom stereocenters. The van der Waals surface area contributed by atoms with E-state index in [1.165, 1.54) is 12.1 Å². The van der Waals surface area contributed by atoms with Crippen LogP contribution in [0.15, 0.2) is 18.2 Å². The van der Waals surface area contributed by atoms with E-state index in [0.717, 1.165) is 5.56 Å². The standard InChI is InChI=1S/C8H9FN2/c1-5-2-3-6(8(10)11)7(9)4-5/h2-4H,1H3,(H3,10,11). The number of halogens is 1. The van der Waals surface area contributed by atoms with Crippen molar-refractivity contribution in [2.24, 2.45) is 5.73 Å². The maximum Gasteiger partial charge on any atom is 0.134 e. The molecule has 3 heteroatoms. The van der Waals surface area contributed by atoms with Gasteiger partial charge in [0, 0.05) is 0 Å². The summed E-state index contributed by atoms with van der Waals surface area (Å²) in [5.41, 5.74) is 6.10. The molecule has 1 aromatic rings. The second-order valence-electron chi connectivity index (χ2n) is 2.40. The largest absolute Gasteiger partial charge is 0.384 e. The highest BCUT2D eigenvalue weighted by Gasteiger charge is 2.03. The molecule has 3 N–H and O–H groups in total. The number of nitrogens with two attached hydrogens (primary N) is 1. The molecular formula is C8H9FN2. The van der Waals surface area contributed by atoms with Gasteiger partial charge in [0.25, 0.3) is 0 Å². The van der Waals surface area contributed by atoms with Crippen LogP contribution in [0.2, 0.25) is 0 Å². The predicted molar refractivity (Wildman–Crippen MR) is 42.2 cm³/mol. The summed E-state index contributed by atoms with van der Waals surface area (Å²) in [6.45, 7) is 1.78. The van der Waals surface area contributed by atoms with Gasteiger partial charge in [-0.2, -0.15) is 0 Å². The SMILES string of the molecule is Cc1ccc(C(=N)N)c(F)c1. The molecule has 0 atom stereocenters. The third-order valence-electron chi connectivity index (χ3n) is 1.41. The Morgan fingerprint density at radius 2 is 2.18 bits per heavy atom. The second kappa shape index (κ2) is 2.70. The van der Waals surface area contributed by atoms with Crippen molar-refractivity contribution in [3.05, 3.63) is 35.1 Å². The monoisotopic (exact) mass is 152 g/mol. The van der Waals surface area contributed by atoms with Crippen molar-refractivity contribution in [2.75, 3.05) is 0 Å². The summed E-state index contributed by atoms with van der Waals surface area (Å²) in [4.78, 5) is 0. The highest BCUT2D eigenvalue weighted by molar-refractivity contribution is 5.95. The lowest BCUT2D eigenvalue weighted by Gasteiger charge is -2.00. The van der Waals surface area contributed by atoms with Crippen molar-refractivity contribution in [3.8, 4) is 0 Å². The second-order valence-corrected chi connectivity index (χ2v) is 2.40. The molecule has 58 valence electrons. The maximum absolute atomic E-state index is 12.9. The normalized spacial score (nSPS) is 9.64. The van der Waals surface area contributed by atoms with Crippen molar-refractivity contribution in [1.29, 1.82) is 5.41 Å². The van der Waals surface area contributed by atoms with Crippen LogP contribution >= 0.6 is 0 Å². The highest BCUT2D eigenvalue weighted by atomic mass is 19.1. The van der Waals surface area contributed by atoms with Crippen molar-refractivity contribution >= 4 is 5.84 Å². The number of amidine groups is 1. The van der Waals surface area contributed by atoms with E-state index in [4.69, 9.17) is 11.1 Å². The molecule has 1 rings (SSSR count). The Morgan fingerprint density at radius 1 is 1.55 bits per heavy atom. The quantitative estimate of drug-likeness (QED) is 0.464. The van der Waals surface area contributed by atoms with Crippen LogP contribution in [0, 0.1) is 18.2 Å². The summed E-state index contributed by atoms with van der Waals surface area (Å²) in [7, 11) is 0. The Morgan fingerprint density at radius 3 is 2.64 bits per heavy atom. The fraction of sp³-hybridized carbons (Fsp3) is 0.125. The molecule has 0 aliphatic rings. The van der Waals surface area contributed by atoms with Gasteiger partial charge >= 0.3 is 0 Å². The number of aryl methyl sites for hydroxylation is 1. The first kappa shape index (κ1) is 7.72. The van der Waals surface area contributed by atoms with Gasteiger partial charge in [-0.25, -0.2) is 4.39 Å². The molecule has 11 heavy (non-hydrogen) atoms. The van der Waals surface area contributed by atoms with E-state index in [1.54, 1.807) is 13.0 Å². The van der Waals surface area contributed by atoms with Gasteiger partial charge in [-0.3, -0.25) is 5.41 Å². The highest BCUT2D eigenvalue weighted by Crippen LogP contribution is 2.08. The van der Waals surface area contributed by atoms with Crippen LogP contribution in [0.3, 0.4) is 0 Å². The molecule has 1 aromatic carbocycles. The smallest absolute Gasteiger partial charge is 0.134 e. The van der Waals surface area contributed by atoms with Crippen molar-refractivity contribution in [1.82, 2.24) is 0 Å². The van der Waals surface area contributed by atoms with Crippen LogP contribution < -0.4 is 5.73 Å². The molecule has 0 amide bonds. The number of hydrogen-bond donors (Lipinski definition) is 2. The van der Waals surface area contributed by atoms with Crippen LogP contribution in [-0.4, -0.2) is 5.84 Å². The average Bonchev–Trinajstić information content (AvgIpc) is 1.85. The van der Waals surface area contributed by atoms with E-state index in [-0.39, 0.29) is 11.4 Å². The van der Waals surface area contributed by atoms with Gasteiger partial charge in [0.1, 0.15) is 11.7 Å². The maximum atomic E-state index is 12.9. The molecule has 0 aromatic heterocycles. The minimum absolute atomic E-state index is 0.163. The molecule has 0 heterocycles. The third kappa shape index (κ3) is 1.55. The minimum Gasteiger partial charge on any atom is -0.384 e. The van der Waals surface area contributed by atoms with Gasteiger partial charge in [-0.15, -0.1) is 0 Å². The zero-order chi connectivity index (χ0) is 8.43. The van der Waals surface area contributed by atoms with Gasteiger partial charge in [-0.1, -0.05) is 6.07 Å². The third-order valence-corrected chi connectivity index (χ3v) is 1.41. The molecule has 0 fully saturated rings. The summed E-state index contributed by atoms with van der Waals surface area (Å²) in [5.74, 6) is -0.667. The lowest BCUT2D eigenvalue weighted by Crippen LogP contribution is -2.12. The fourth-order valence-electron chi connectivity index (χ4n) is 0.839. The number of rotatable bonds is 1.